The highest BCUT2D eigenvalue weighted by Gasteiger charge is 2.36. The third-order valence-corrected chi connectivity index (χ3v) is 3.34. The third kappa shape index (κ3) is 6.28. The average Bonchev–Trinajstić information content (AvgIpc) is 2.69. The Labute approximate surface area is 158 Å². The molecule has 0 atom stereocenters. The lowest BCUT2D eigenvalue weighted by atomic mass is 10.3. The first-order valence-electron chi connectivity index (χ1n) is 8.11. The van der Waals surface area contributed by atoms with Crippen LogP contribution in [-0.2, 0) is 10.9 Å². The van der Waals surface area contributed by atoms with E-state index in [9.17, 15) is 18.0 Å². The maximum absolute atomic E-state index is 12.7. The Morgan fingerprint density at radius 3 is 2.32 bits per heavy atom. The fourth-order valence-corrected chi connectivity index (χ4v) is 2.02. The Morgan fingerprint density at radius 2 is 1.89 bits per heavy atom. The molecule has 0 radical (unpaired) electrons. The van der Waals surface area contributed by atoms with E-state index in [0.717, 1.165) is 38.6 Å². The van der Waals surface area contributed by atoms with Crippen molar-refractivity contribution in [2.45, 2.75) is 6.18 Å². The molecule has 0 aliphatic carbocycles. The van der Waals surface area contributed by atoms with Gasteiger partial charge in [0.05, 0.1) is 31.3 Å². The second kappa shape index (κ2) is 9.75. The van der Waals surface area contributed by atoms with Gasteiger partial charge in [0.2, 0.25) is 0 Å². The molecule has 1 aliphatic rings. The number of rotatable bonds is 4. The molecule has 5 N–H and O–H groups in total. The average molecular weight is 400 g/mol. The number of alkyl halides is 3. The molecule has 1 saturated heterocycles. The minimum absolute atomic E-state index is 0.0264. The van der Waals surface area contributed by atoms with E-state index in [2.05, 4.69) is 36.1 Å². The van der Waals surface area contributed by atoms with Crippen LogP contribution in [0.15, 0.2) is 18.5 Å². The van der Waals surface area contributed by atoms with E-state index in [1.807, 2.05) is 0 Å². The molecule has 3 rings (SSSR count). The lowest BCUT2D eigenvalue weighted by Crippen LogP contribution is -2.30. The molecule has 0 aromatic carbocycles. The molecule has 2 aromatic rings. The van der Waals surface area contributed by atoms with Crippen LogP contribution in [0.1, 0.15) is 16.2 Å². The molecular formula is C15H19F3N8O2. The summed E-state index contributed by atoms with van der Waals surface area (Å²) in [6.45, 7) is 3.83. The number of amides is 1. The van der Waals surface area contributed by atoms with Crippen LogP contribution in [-0.4, -0.2) is 59.4 Å². The fraction of sp³-hybridized carbons (Fsp3) is 0.400. The number of anilines is 3. The molecule has 0 bridgehead atoms. The number of nitrogens with zero attached hydrogens (tertiary/aromatic N) is 4. The maximum Gasteiger partial charge on any atom is 0.437 e. The summed E-state index contributed by atoms with van der Waals surface area (Å²) in [6, 6.07) is 1.12. The molecule has 1 aliphatic heterocycles. The number of morpholine rings is 1. The Kier molecular flexibility index (Phi) is 7.40. The first-order chi connectivity index (χ1) is 13.3. The number of halogens is 3. The van der Waals surface area contributed by atoms with Crippen LogP contribution in [0.2, 0.25) is 0 Å². The second-order valence-electron chi connectivity index (χ2n) is 5.38. The quantitative estimate of drug-likeness (QED) is 0.586. The van der Waals surface area contributed by atoms with E-state index in [1.165, 1.54) is 13.2 Å². The molecule has 3 heterocycles. The van der Waals surface area contributed by atoms with Crippen LogP contribution < -0.4 is 21.7 Å². The van der Waals surface area contributed by atoms with Gasteiger partial charge in [-0.05, 0) is 0 Å². The maximum atomic E-state index is 12.7. The molecule has 0 saturated carbocycles. The van der Waals surface area contributed by atoms with E-state index < -0.39 is 17.8 Å². The summed E-state index contributed by atoms with van der Waals surface area (Å²) in [7, 11) is 1.33. The minimum Gasteiger partial charge on any atom is -0.386 e. The predicted octanol–water partition coefficient (Wildman–Crippen LogP) is 0.776. The lowest BCUT2D eigenvalue weighted by Gasteiger charge is -2.12. The van der Waals surface area contributed by atoms with Gasteiger partial charge in [-0.2, -0.15) is 13.2 Å². The van der Waals surface area contributed by atoms with E-state index in [0.29, 0.717) is 0 Å². The monoisotopic (exact) mass is 400 g/mol. The zero-order valence-electron chi connectivity index (χ0n) is 14.9. The fourth-order valence-electron chi connectivity index (χ4n) is 2.02. The van der Waals surface area contributed by atoms with Crippen LogP contribution >= 0.6 is 0 Å². The van der Waals surface area contributed by atoms with Gasteiger partial charge in [-0.1, -0.05) is 0 Å². The molecular weight excluding hydrogens is 381 g/mol. The summed E-state index contributed by atoms with van der Waals surface area (Å²) >= 11 is 0. The van der Waals surface area contributed by atoms with Gasteiger partial charge in [0, 0.05) is 26.2 Å². The van der Waals surface area contributed by atoms with Crippen molar-refractivity contribution < 1.29 is 22.7 Å². The van der Waals surface area contributed by atoms with Crippen LogP contribution in [0.5, 0.6) is 0 Å². The smallest absolute Gasteiger partial charge is 0.386 e. The van der Waals surface area contributed by atoms with Gasteiger partial charge in [0.15, 0.2) is 11.5 Å². The molecule has 152 valence electrons. The standard InChI is InChI=1S/C11H10F3N7O.C4H9NO/c1-16-5-2-7(20-21-9(5)11(12,13)14)19-8-4-17-6(3-18-8)10(15)22;1-3-6-4-2-5-1/h2-4H,1H3,(H2,15,22)(H2,16,18,19,20);5H,1-4H2. The largest absolute Gasteiger partial charge is 0.437 e. The van der Waals surface area contributed by atoms with Crippen LogP contribution in [0, 0.1) is 0 Å². The van der Waals surface area contributed by atoms with Crippen molar-refractivity contribution in [2.24, 2.45) is 5.73 Å². The zero-order valence-corrected chi connectivity index (χ0v) is 14.9. The Hall–Kier alpha value is -3.06. The van der Waals surface area contributed by atoms with Crippen molar-refractivity contribution in [1.29, 1.82) is 0 Å². The van der Waals surface area contributed by atoms with E-state index in [1.54, 1.807) is 0 Å². The molecule has 13 heteroatoms. The van der Waals surface area contributed by atoms with Crippen molar-refractivity contribution >= 4 is 23.2 Å². The van der Waals surface area contributed by atoms with Crippen molar-refractivity contribution in [3.63, 3.8) is 0 Å². The minimum atomic E-state index is -4.62. The van der Waals surface area contributed by atoms with Crippen LogP contribution in [0.4, 0.5) is 30.5 Å². The molecule has 0 unspecified atom stereocenters. The van der Waals surface area contributed by atoms with Gasteiger partial charge >= 0.3 is 6.18 Å². The highest BCUT2D eigenvalue weighted by molar-refractivity contribution is 5.90. The first kappa shape index (κ1) is 21.2. The van der Waals surface area contributed by atoms with Gasteiger partial charge in [-0.15, -0.1) is 10.2 Å². The van der Waals surface area contributed by atoms with Gasteiger partial charge in [0.1, 0.15) is 11.5 Å². The van der Waals surface area contributed by atoms with Crippen molar-refractivity contribution in [3.05, 3.63) is 29.8 Å². The number of hydrogen-bond acceptors (Lipinski definition) is 9. The second-order valence-corrected chi connectivity index (χ2v) is 5.38. The Bertz CT molecular complexity index is 770. The van der Waals surface area contributed by atoms with Crippen LogP contribution in [0.3, 0.4) is 0 Å². The van der Waals surface area contributed by atoms with Gasteiger partial charge in [0.25, 0.3) is 5.91 Å². The van der Waals surface area contributed by atoms with Crippen molar-refractivity contribution in [1.82, 2.24) is 25.5 Å². The number of carbonyl (C=O) groups is 1. The normalized spacial score (nSPS) is 13.9. The first-order valence-corrected chi connectivity index (χ1v) is 8.11. The zero-order chi connectivity index (χ0) is 20.6. The number of nitrogens with one attached hydrogen (secondary N) is 3. The third-order valence-electron chi connectivity index (χ3n) is 3.34. The van der Waals surface area contributed by atoms with E-state index >= 15 is 0 Å². The topological polar surface area (TPSA) is 140 Å². The van der Waals surface area contributed by atoms with Gasteiger partial charge in [-0.3, -0.25) is 4.79 Å². The summed E-state index contributed by atoms with van der Waals surface area (Å²) in [5.41, 5.74) is 3.60. The van der Waals surface area contributed by atoms with Crippen molar-refractivity contribution in [3.8, 4) is 0 Å². The summed E-state index contributed by atoms with van der Waals surface area (Å²) in [5.74, 6) is -0.551. The summed E-state index contributed by atoms with van der Waals surface area (Å²) in [4.78, 5) is 18.4. The Balaban J connectivity index is 0.000000397. The van der Waals surface area contributed by atoms with Gasteiger partial charge in [-0.25, -0.2) is 9.97 Å². The molecule has 1 amide bonds. The van der Waals surface area contributed by atoms with E-state index in [4.69, 9.17) is 10.5 Å². The number of aromatic nitrogens is 4. The molecule has 10 nitrogen and oxygen atoms in total. The highest BCUT2D eigenvalue weighted by atomic mass is 19.4. The predicted molar refractivity (Wildman–Crippen MR) is 94.1 cm³/mol. The Morgan fingerprint density at radius 1 is 1.18 bits per heavy atom. The summed E-state index contributed by atoms with van der Waals surface area (Å²) in [6.07, 6.45) is -2.30. The van der Waals surface area contributed by atoms with E-state index in [-0.39, 0.29) is 23.0 Å². The van der Waals surface area contributed by atoms with Crippen LogP contribution in [0.25, 0.3) is 0 Å². The number of nitrogens with two attached hydrogens (primary N) is 1. The number of primary amides is 1. The highest BCUT2D eigenvalue weighted by Crippen LogP contribution is 2.33. The number of ether oxygens (including phenoxy) is 1. The molecule has 1 fully saturated rings. The number of carbonyl (C=O) groups excluding carboxylic acids is 1. The SMILES string of the molecule is C1COCCN1.CNc1cc(Nc2cnc(C(N)=O)cn2)nnc1C(F)(F)F. The lowest BCUT2D eigenvalue weighted by molar-refractivity contribution is -0.141. The van der Waals surface area contributed by atoms with Crippen molar-refractivity contribution in [2.75, 3.05) is 44.0 Å². The van der Waals surface area contributed by atoms with Gasteiger partial charge < -0.3 is 26.4 Å². The molecule has 28 heavy (non-hydrogen) atoms. The summed E-state index contributed by atoms with van der Waals surface area (Å²) in [5, 5.41) is 14.7. The summed E-state index contributed by atoms with van der Waals surface area (Å²) < 4.78 is 43.1. The number of hydrogen-bond donors (Lipinski definition) is 4. The molecule has 0 spiro atoms. The molecule has 2 aromatic heterocycles.